The molecular formula is C11H16N4O2. The van der Waals surface area contributed by atoms with E-state index in [2.05, 4.69) is 15.5 Å². The number of nitrogens with one attached hydrogen (secondary N) is 1. The lowest BCUT2D eigenvalue weighted by molar-refractivity contribution is 0.0718. The molecule has 1 aliphatic rings. The average molecular weight is 236 g/mol. The lowest BCUT2D eigenvalue weighted by Gasteiger charge is -2.15. The van der Waals surface area contributed by atoms with E-state index in [1.54, 1.807) is 31.2 Å². The minimum Gasteiger partial charge on any atom is -0.380 e. The number of rotatable bonds is 3. The van der Waals surface area contributed by atoms with Gasteiger partial charge in [-0.1, -0.05) is 0 Å². The van der Waals surface area contributed by atoms with Gasteiger partial charge in [0.05, 0.1) is 6.10 Å². The number of hydrogen-bond acceptors (Lipinski definition) is 5. The van der Waals surface area contributed by atoms with E-state index in [0.29, 0.717) is 24.6 Å². The number of carbonyl (C=O) groups excluding carboxylic acids is 1. The summed E-state index contributed by atoms with van der Waals surface area (Å²) in [6.45, 7) is 1.34. The number of amides is 1. The molecule has 6 heteroatoms. The van der Waals surface area contributed by atoms with Crippen LogP contribution in [-0.2, 0) is 4.74 Å². The van der Waals surface area contributed by atoms with Crippen LogP contribution in [-0.4, -0.2) is 54.4 Å². The molecule has 1 saturated heterocycles. The Morgan fingerprint density at radius 3 is 2.88 bits per heavy atom. The predicted octanol–water partition coefficient (Wildman–Crippen LogP) is 0.379. The van der Waals surface area contributed by atoms with Crippen molar-refractivity contribution in [2.24, 2.45) is 0 Å². The number of methoxy groups -OCH3 is 1. The molecule has 6 nitrogen and oxygen atoms in total. The Bertz CT molecular complexity index is 393. The van der Waals surface area contributed by atoms with Crippen LogP contribution in [0.2, 0.25) is 0 Å². The molecule has 1 fully saturated rings. The Morgan fingerprint density at radius 2 is 2.35 bits per heavy atom. The van der Waals surface area contributed by atoms with Crippen molar-refractivity contribution in [2.45, 2.75) is 12.5 Å². The van der Waals surface area contributed by atoms with Crippen LogP contribution in [0, 0.1) is 0 Å². The third-order valence-corrected chi connectivity index (χ3v) is 2.91. The monoisotopic (exact) mass is 236 g/mol. The van der Waals surface area contributed by atoms with E-state index < -0.39 is 0 Å². The molecule has 0 aromatic carbocycles. The number of ether oxygens (including phenoxy) is 1. The second-order valence-corrected chi connectivity index (χ2v) is 3.95. The van der Waals surface area contributed by atoms with Crippen LogP contribution >= 0.6 is 0 Å². The molecule has 17 heavy (non-hydrogen) atoms. The zero-order valence-corrected chi connectivity index (χ0v) is 10.0. The molecule has 92 valence electrons. The first-order valence-electron chi connectivity index (χ1n) is 5.58. The van der Waals surface area contributed by atoms with Gasteiger partial charge in [-0.2, -0.15) is 0 Å². The van der Waals surface area contributed by atoms with Crippen LogP contribution in [0.3, 0.4) is 0 Å². The van der Waals surface area contributed by atoms with Gasteiger partial charge in [-0.3, -0.25) is 4.79 Å². The number of carbonyl (C=O) groups is 1. The Labute approximate surface area is 100.0 Å². The molecule has 2 heterocycles. The summed E-state index contributed by atoms with van der Waals surface area (Å²) in [5, 5.41) is 10.6. The molecule has 1 aromatic rings. The van der Waals surface area contributed by atoms with Crippen molar-refractivity contribution in [1.29, 1.82) is 0 Å². The van der Waals surface area contributed by atoms with Crippen molar-refractivity contribution in [3.63, 3.8) is 0 Å². The fraction of sp³-hybridized carbons (Fsp3) is 0.545. The smallest absolute Gasteiger partial charge is 0.274 e. The lowest BCUT2D eigenvalue weighted by Crippen LogP contribution is -2.30. The second-order valence-electron chi connectivity index (χ2n) is 3.95. The lowest BCUT2D eigenvalue weighted by atomic mass is 10.3. The number of likely N-dealkylation sites (tertiary alicyclic amines) is 1. The Morgan fingerprint density at radius 1 is 1.53 bits per heavy atom. The standard InChI is InChI=1S/C11H16N4O2/c1-12-10-4-3-9(13-14-10)11(16)15-6-5-8(7-15)17-2/h3-4,8H,5-7H2,1-2H3,(H,12,14). The maximum absolute atomic E-state index is 12.1. The summed E-state index contributed by atoms with van der Waals surface area (Å²) in [6.07, 6.45) is 1.02. The van der Waals surface area contributed by atoms with Gasteiger partial charge < -0.3 is 15.0 Å². The highest BCUT2D eigenvalue weighted by atomic mass is 16.5. The fourth-order valence-electron chi connectivity index (χ4n) is 1.85. The number of aromatic nitrogens is 2. The topological polar surface area (TPSA) is 67.4 Å². The summed E-state index contributed by atoms with van der Waals surface area (Å²) >= 11 is 0. The normalized spacial score (nSPS) is 19.4. The third kappa shape index (κ3) is 2.52. The van der Waals surface area contributed by atoms with Gasteiger partial charge in [-0.15, -0.1) is 10.2 Å². The minimum atomic E-state index is -0.0836. The van der Waals surface area contributed by atoms with Crippen molar-refractivity contribution in [3.05, 3.63) is 17.8 Å². The average Bonchev–Trinajstić information content (AvgIpc) is 2.87. The van der Waals surface area contributed by atoms with Gasteiger partial charge in [-0.05, 0) is 18.6 Å². The zero-order chi connectivity index (χ0) is 12.3. The molecule has 0 spiro atoms. The molecule has 1 aromatic heterocycles. The minimum absolute atomic E-state index is 0.0836. The van der Waals surface area contributed by atoms with Crippen LogP contribution in [0.5, 0.6) is 0 Å². The molecule has 0 saturated carbocycles. The predicted molar refractivity (Wildman–Crippen MR) is 62.9 cm³/mol. The van der Waals surface area contributed by atoms with Gasteiger partial charge in [0.15, 0.2) is 5.69 Å². The summed E-state index contributed by atoms with van der Waals surface area (Å²) in [5.41, 5.74) is 0.376. The van der Waals surface area contributed by atoms with Crippen LogP contribution in [0.15, 0.2) is 12.1 Å². The van der Waals surface area contributed by atoms with Gasteiger partial charge in [0, 0.05) is 27.2 Å². The van der Waals surface area contributed by atoms with Crippen LogP contribution in [0.4, 0.5) is 5.82 Å². The number of hydrogen-bond donors (Lipinski definition) is 1. The van der Waals surface area contributed by atoms with Crippen LogP contribution in [0.25, 0.3) is 0 Å². The molecule has 0 radical (unpaired) electrons. The molecule has 1 unspecified atom stereocenters. The van der Waals surface area contributed by atoms with Crippen molar-refractivity contribution < 1.29 is 9.53 Å². The van der Waals surface area contributed by atoms with Gasteiger partial charge in [0.2, 0.25) is 0 Å². The first-order valence-corrected chi connectivity index (χ1v) is 5.58. The van der Waals surface area contributed by atoms with Gasteiger partial charge in [-0.25, -0.2) is 0 Å². The molecule has 1 N–H and O–H groups in total. The second kappa shape index (κ2) is 5.09. The fourth-order valence-corrected chi connectivity index (χ4v) is 1.85. The van der Waals surface area contributed by atoms with Gasteiger partial charge >= 0.3 is 0 Å². The molecular weight excluding hydrogens is 220 g/mol. The van der Waals surface area contributed by atoms with Crippen LogP contribution in [0.1, 0.15) is 16.9 Å². The van der Waals surface area contributed by atoms with E-state index in [-0.39, 0.29) is 12.0 Å². The maximum atomic E-state index is 12.1. The Hall–Kier alpha value is -1.69. The Balaban J connectivity index is 2.04. The molecule has 1 amide bonds. The molecule has 1 atom stereocenters. The maximum Gasteiger partial charge on any atom is 0.274 e. The summed E-state index contributed by atoms with van der Waals surface area (Å²) in [5.74, 6) is 0.567. The highest BCUT2D eigenvalue weighted by Crippen LogP contribution is 2.14. The highest BCUT2D eigenvalue weighted by Gasteiger charge is 2.27. The molecule has 1 aliphatic heterocycles. The SMILES string of the molecule is CNc1ccc(C(=O)N2CCC(OC)C2)nn1. The van der Waals surface area contributed by atoms with E-state index in [1.165, 1.54) is 0 Å². The highest BCUT2D eigenvalue weighted by molar-refractivity contribution is 5.92. The third-order valence-electron chi connectivity index (χ3n) is 2.91. The first-order chi connectivity index (χ1) is 8.24. The zero-order valence-electron chi connectivity index (χ0n) is 10.0. The van der Waals surface area contributed by atoms with Crippen LogP contribution < -0.4 is 5.32 Å². The van der Waals surface area contributed by atoms with Gasteiger partial charge in [0.1, 0.15) is 5.82 Å². The van der Waals surface area contributed by atoms with Crippen molar-refractivity contribution in [2.75, 3.05) is 32.6 Å². The molecule has 0 aliphatic carbocycles. The molecule has 0 bridgehead atoms. The number of anilines is 1. The summed E-state index contributed by atoms with van der Waals surface area (Å²) in [7, 11) is 3.43. The Kier molecular flexibility index (Phi) is 3.53. The van der Waals surface area contributed by atoms with Gasteiger partial charge in [0.25, 0.3) is 5.91 Å². The van der Waals surface area contributed by atoms with E-state index in [0.717, 1.165) is 6.42 Å². The van der Waals surface area contributed by atoms with Crippen molar-refractivity contribution in [1.82, 2.24) is 15.1 Å². The van der Waals surface area contributed by atoms with E-state index in [4.69, 9.17) is 4.74 Å². The summed E-state index contributed by atoms with van der Waals surface area (Å²) in [6, 6.07) is 3.42. The van der Waals surface area contributed by atoms with Crippen molar-refractivity contribution in [3.8, 4) is 0 Å². The molecule has 2 rings (SSSR count). The number of nitrogens with zero attached hydrogens (tertiary/aromatic N) is 3. The van der Waals surface area contributed by atoms with E-state index >= 15 is 0 Å². The van der Waals surface area contributed by atoms with Crippen molar-refractivity contribution >= 4 is 11.7 Å². The quantitative estimate of drug-likeness (QED) is 0.821. The summed E-state index contributed by atoms with van der Waals surface area (Å²) < 4.78 is 5.22. The van der Waals surface area contributed by atoms with E-state index in [1.807, 2.05) is 0 Å². The largest absolute Gasteiger partial charge is 0.380 e. The van der Waals surface area contributed by atoms with E-state index in [9.17, 15) is 4.79 Å². The summed E-state index contributed by atoms with van der Waals surface area (Å²) in [4.78, 5) is 13.8. The first kappa shape index (κ1) is 11.8.